The lowest BCUT2D eigenvalue weighted by molar-refractivity contribution is -0.134. The number of rotatable bonds is 7. The maximum absolute atomic E-state index is 11.4. The van der Waals surface area contributed by atoms with E-state index in [1.54, 1.807) is 12.1 Å². The van der Waals surface area contributed by atoms with E-state index in [9.17, 15) is 4.79 Å². The van der Waals surface area contributed by atoms with Crippen LogP contribution in [0.1, 0.15) is 45.4 Å². The van der Waals surface area contributed by atoms with Gasteiger partial charge in [0.2, 0.25) is 0 Å². The van der Waals surface area contributed by atoms with Crippen LogP contribution in [0, 0.1) is 6.07 Å². The van der Waals surface area contributed by atoms with Crippen LogP contribution in [-0.2, 0) is 4.79 Å². The normalized spacial score (nSPS) is 10.1. The van der Waals surface area contributed by atoms with Gasteiger partial charge < -0.3 is 4.74 Å². The van der Waals surface area contributed by atoms with E-state index in [0.717, 1.165) is 12.8 Å². The summed E-state index contributed by atoms with van der Waals surface area (Å²) >= 11 is 0. The second-order valence-corrected chi connectivity index (χ2v) is 3.87. The van der Waals surface area contributed by atoms with Crippen molar-refractivity contribution >= 4 is 5.97 Å². The van der Waals surface area contributed by atoms with Crippen molar-refractivity contribution in [2.75, 3.05) is 0 Å². The van der Waals surface area contributed by atoms with Gasteiger partial charge in [0.1, 0.15) is 5.75 Å². The van der Waals surface area contributed by atoms with Gasteiger partial charge in [-0.15, -0.1) is 0 Å². The van der Waals surface area contributed by atoms with Crippen LogP contribution in [0.5, 0.6) is 5.75 Å². The summed E-state index contributed by atoms with van der Waals surface area (Å²) in [6.45, 7) is 2.18. The molecule has 0 atom stereocenters. The van der Waals surface area contributed by atoms with E-state index in [0.29, 0.717) is 12.2 Å². The van der Waals surface area contributed by atoms with Crippen LogP contribution in [0.3, 0.4) is 0 Å². The highest BCUT2D eigenvalue weighted by molar-refractivity contribution is 5.72. The third-order valence-corrected chi connectivity index (χ3v) is 2.39. The molecule has 1 rings (SSSR count). The summed E-state index contributed by atoms with van der Waals surface area (Å²) in [5.41, 5.74) is 0. The molecule has 87 valence electrons. The minimum Gasteiger partial charge on any atom is -0.426 e. The fourth-order valence-corrected chi connectivity index (χ4v) is 1.49. The van der Waals surface area contributed by atoms with Crippen molar-refractivity contribution in [3.63, 3.8) is 0 Å². The maximum Gasteiger partial charge on any atom is 0.311 e. The zero-order valence-electron chi connectivity index (χ0n) is 9.87. The Morgan fingerprint density at radius 3 is 2.75 bits per heavy atom. The number of hydrogen-bond donors (Lipinski definition) is 0. The van der Waals surface area contributed by atoms with Crippen LogP contribution in [0.2, 0.25) is 0 Å². The highest BCUT2D eigenvalue weighted by Gasteiger charge is 2.03. The van der Waals surface area contributed by atoms with Gasteiger partial charge in [-0.1, -0.05) is 50.8 Å². The zero-order chi connectivity index (χ0) is 11.6. The Hall–Kier alpha value is -1.31. The van der Waals surface area contributed by atoms with Gasteiger partial charge in [-0.25, -0.2) is 0 Å². The minimum absolute atomic E-state index is 0.154. The van der Waals surface area contributed by atoms with Crippen LogP contribution in [0.4, 0.5) is 0 Å². The second kappa shape index (κ2) is 7.91. The van der Waals surface area contributed by atoms with E-state index in [1.165, 1.54) is 19.3 Å². The first-order chi connectivity index (χ1) is 7.83. The third-order valence-electron chi connectivity index (χ3n) is 2.39. The van der Waals surface area contributed by atoms with Crippen LogP contribution in [-0.4, -0.2) is 5.97 Å². The second-order valence-electron chi connectivity index (χ2n) is 3.87. The van der Waals surface area contributed by atoms with E-state index >= 15 is 0 Å². The van der Waals surface area contributed by atoms with Crippen molar-refractivity contribution in [1.82, 2.24) is 0 Å². The lowest BCUT2D eigenvalue weighted by atomic mass is 10.1. The molecular weight excluding hydrogens is 200 g/mol. The van der Waals surface area contributed by atoms with Gasteiger partial charge in [0, 0.05) is 12.5 Å². The first-order valence-corrected chi connectivity index (χ1v) is 6.00. The van der Waals surface area contributed by atoms with Gasteiger partial charge in [-0.3, -0.25) is 4.79 Å². The summed E-state index contributed by atoms with van der Waals surface area (Å²) < 4.78 is 5.13. The average molecular weight is 219 g/mol. The van der Waals surface area contributed by atoms with Gasteiger partial charge in [-0.05, 0) is 12.5 Å². The minimum atomic E-state index is -0.154. The van der Waals surface area contributed by atoms with Gasteiger partial charge >= 0.3 is 5.97 Å². The van der Waals surface area contributed by atoms with Crippen molar-refractivity contribution in [3.8, 4) is 5.75 Å². The molecule has 0 aliphatic rings. The van der Waals surface area contributed by atoms with Crippen LogP contribution in [0.25, 0.3) is 0 Å². The lowest BCUT2D eigenvalue weighted by Gasteiger charge is -2.03. The van der Waals surface area contributed by atoms with Crippen LogP contribution < -0.4 is 4.74 Å². The zero-order valence-corrected chi connectivity index (χ0v) is 9.87. The summed E-state index contributed by atoms with van der Waals surface area (Å²) in [7, 11) is 0. The first kappa shape index (κ1) is 12.8. The van der Waals surface area contributed by atoms with Crippen molar-refractivity contribution in [1.29, 1.82) is 0 Å². The largest absolute Gasteiger partial charge is 0.426 e. The number of carbonyl (C=O) groups excluding carboxylic acids is 1. The summed E-state index contributed by atoms with van der Waals surface area (Å²) in [5, 5.41) is 0. The lowest BCUT2D eigenvalue weighted by Crippen LogP contribution is -2.07. The van der Waals surface area contributed by atoms with Crippen LogP contribution in [0.15, 0.2) is 24.3 Å². The Bertz CT molecular complexity index is 293. The monoisotopic (exact) mass is 219 g/mol. The highest BCUT2D eigenvalue weighted by atomic mass is 16.5. The molecule has 1 aromatic rings. The molecule has 0 bridgehead atoms. The van der Waals surface area contributed by atoms with E-state index < -0.39 is 0 Å². The molecule has 0 fully saturated rings. The maximum atomic E-state index is 11.4. The third kappa shape index (κ3) is 5.54. The number of unbranched alkanes of at least 4 members (excludes halogenated alkanes) is 4. The number of carbonyl (C=O) groups is 1. The molecular formula is C14H19O2. The van der Waals surface area contributed by atoms with E-state index in [2.05, 4.69) is 13.0 Å². The molecule has 2 nitrogen and oxygen atoms in total. The molecule has 0 N–H and O–H groups in total. The molecule has 1 aromatic carbocycles. The van der Waals surface area contributed by atoms with E-state index in [-0.39, 0.29) is 5.97 Å². The Kier molecular flexibility index (Phi) is 6.31. The Balaban J connectivity index is 2.12. The molecule has 0 amide bonds. The Morgan fingerprint density at radius 2 is 2.06 bits per heavy atom. The van der Waals surface area contributed by atoms with Crippen LogP contribution >= 0.6 is 0 Å². The number of benzene rings is 1. The SMILES string of the molecule is CCCCCCCC(=O)Oc1[c]cccc1. The number of para-hydroxylation sites is 1. The van der Waals surface area contributed by atoms with Crippen molar-refractivity contribution in [2.45, 2.75) is 45.4 Å². The fourth-order valence-electron chi connectivity index (χ4n) is 1.49. The van der Waals surface area contributed by atoms with E-state index in [1.807, 2.05) is 12.1 Å². The molecule has 0 heterocycles. The summed E-state index contributed by atoms with van der Waals surface area (Å²) in [5.74, 6) is 0.361. The molecule has 0 aromatic heterocycles. The molecule has 0 spiro atoms. The van der Waals surface area contributed by atoms with Crippen molar-refractivity contribution in [2.24, 2.45) is 0 Å². The molecule has 1 radical (unpaired) electrons. The molecule has 16 heavy (non-hydrogen) atoms. The topological polar surface area (TPSA) is 26.3 Å². The quantitative estimate of drug-likeness (QED) is 0.396. The number of ether oxygens (including phenoxy) is 1. The molecule has 0 saturated heterocycles. The Morgan fingerprint density at radius 1 is 1.25 bits per heavy atom. The predicted molar refractivity (Wildman–Crippen MR) is 64.3 cm³/mol. The number of esters is 1. The molecule has 0 aliphatic heterocycles. The molecule has 2 heteroatoms. The summed E-state index contributed by atoms with van der Waals surface area (Å²) in [6.07, 6.45) is 6.23. The van der Waals surface area contributed by atoms with Crippen molar-refractivity contribution in [3.05, 3.63) is 30.3 Å². The average Bonchev–Trinajstić information content (AvgIpc) is 2.30. The highest BCUT2D eigenvalue weighted by Crippen LogP contribution is 2.10. The summed E-state index contributed by atoms with van der Waals surface area (Å²) in [6, 6.07) is 10.0. The summed E-state index contributed by atoms with van der Waals surface area (Å²) in [4.78, 5) is 11.4. The number of hydrogen-bond acceptors (Lipinski definition) is 2. The van der Waals surface area contributed by atoms with Gasteiger partial charge in [-0.2, -0.15) is 0 Å². The standard InChI is InChI=1S/C14H19O2/c1-2-3-4-5-9-12-14(15)16-13-10-7-6-8-11-13/h6-8,10H,2-5,9,12H2,1H3. The molecule has 0 unspecified atom stereocenters. The molecule has 0 aliphatic carbocycles. The van der Waals surface area contributed by atoms with Crippen molar-refractivity contribution < 1.29 is 9.53 Å². The van der Waals surface area contributed by atoms with Gasteiger partial charge in [0.25, 0.3) is 0 Å². The van der Waals surface area contributed by atoms with Gasteiger partial charge in [0.15, 0.2) is 0 Å². The predicted octanol–water partition coefficient (Wildman–Crippen LogP) is 3.75. The molecule has 0 saturated carbocycles. The fraction of sp³-hybridized carbons (Fsp3) is 0.500. The Labute approximate surface area is 97.6 Å². The van der Waals surface area contributed by atoms with Gasteiger partial charge in [0.05, 0.1) is 0 Å². The smallest absolute Gasteiger partial charge is 0.311 e. The van der Waals surface area contributed by atoms with E-state index in [4.69, 9.17) is 4.74 Å². The first-order valence-electron chi connectivity index (χ1n) is 6.00.